The van der Waals surface area contributed by atoms with Crippen LogP contribution in [0.3, 0.4) is 0 Å². The number of ether oxygens (including phenoxy) is 1. The Morgan fingerprint density at radius 1 is 1.00 bits per heavy atom. The largest absolute Gasteiger partial charge is 0.489 e. The van der Waals surface area contributed by atoms with E-state index >= 15 is 0 Å². The van der Waals surface area contributed by atoms with Crippen molar-refractivity contribution in [3.63, 3.8) is 0 Å². The zero-order valence-corrected chi connectivity index (χ0v) is 16.3. The summed E-state index contributed by atoms with van der Waals surface area (Å²) in [6, 6.07) is 14.9. The van der Waals surface area contributed by atoms with Crippen molar-refractivity contribution >= 4 is 11.4 Å². The molecule has 0 bridgehead atoms. The van der Waals surface area contributed by atoms with Crippen molar-refractivity contribution in [3.8, 4) is 5.75 Å². The monoisotopic (exact) mass is 371 g/mol. The number of piperazine rings is 1. The van der Waals surface area contributed by atoms with Crippen molar-refractivity contribution in [2.75, 3.05) is 49.5 Å². The van der Waals surface area contributed by atoms with E-state index in [-0.39, 0.29) is 11.9 Å². The van der Waals surface area contributed by atoms with E-state index in [0.717, 1.165) is 57.1 Å². The van der Waals surface area contributed by atoms with E-state index in [1.54, 1.807) is 12.1 Å². The Morgan fingerprint density at radius 3 is 2.41 bits per heavy atom. The molecule has 0 saturated carbocycles. The molecule has 2 aromatic rings. The number of para-hydroxylation sites is 2. The Hall–Kier alpha value is -2.27. The summed E-state index contributed by atoms with van der Waals surface area (Å²) in [5, 5.41) is 3.35. The third kappa shape index (κ3) is 5.86. The first kappa shape index (κ1) is 19.5. The predicted molar refractivity (Wildman–Crippen MR) is 110 cm³/mol. The number of anilines is 2. The zero-order chi connectivity index (χ0) is 19.1. The summed E-state index contributed by atoms with van der Waals surface area (Å²) < 4.78 is 18.9. The average molecular weight is 372 g/mol. The second-order valence-electron chi connectivity index (χ2n) is 7.25. The molecule has 2 aromatic carbocycles. The van der Waals surface area contributed by atoms with Gasteiger partial charge in [0.1, 0.15) is 11.6 Å². The molecule has 1 heterocycles. The minimum atomic E-state index is -0.196. The van der Waals surface area contributed by atoms with Gasteiger partial charge in [-0.05, 0) is 63.2 Å². The first-order valence-electron chi connectivity index (χ1n) is 9.84. The number of halogens is 1. The van der Waals surface area contributed by atoms with Crippen LogP contribution in [0.1, 0.15) is 20.3 Å². The summed E-state index contributed by atoms with van der Waals surface area (Å²) in [7, 11) is 0. The Kier molecular flexibility index (Phi) is 6.93. The number of rotatable bonds is 8. The molecule has 1 saturated heterocycles. The lowest BCUT2D eigenvalue weighted by Gasteiger charge is -2.37. The number of hydrogen-bond donors (Lipinski definition) is 1. The quantitative estimate of drug-likeness (QED) is 0.703. The molecule has 0 atom stereocenters. The lowest BCUT2D eigenvalue weighted by Crippen LogP contribution is -2.47. The van der Waals surface area contributed by atoms with Gasteiger partial charge in [0.15, 0.2) is 0 Å². The molecule has 0 amide bonds. The third-order valence-corrected chi connectivity index (χ3v) is 4.77. The van der Waals surface area contributed by atoms with Crippen molar-refractivity contribution in [1.29, 1.82) is 0 Å². The van der Waals surface area contributed by atoms with E-state index in [0.29, 0.717) is 0 Å². The maximum absolute atomic E-state index is 12.9. The van der Waals surface area contributed by atoms with Crippen molar-refractivity contribution < 1.29 is 9.13 Å². The van der Waals surface area contributed by atoms with E-state index in [4.69, 9.17) is 4.74 Å². The highest BCUT2D eigenvalue weighted by Gasteiger charge is 2.19. The van der Waals surface area contributed by atoms with Crippen LogP contribution in [0.5, 0.6) is 5.75 Å². The van der Waals surface area contributed by atoms with Gasteiger partial charge in [-0.15, -0.1) is 0 Å². The van der Waals surface area contributed by atoms with Crippen LogP contribution in [0, 0.1) is 5.82 Å². The van der Waals surface area contributed by atoms with Crippen LogP contribution in [0.4, 0.5) is 15.8 Å². The van der Waals surface area contributed by atoms with Crippen molar-refractivity contribution in [2.45, 2.75) is 26.4 Å². The van der Waals surface area contributed by atoms with Gasteiger partial charge in [0.2, 0.25) is 0 Å². The van der Waals surface area contributed by atoms with E-state index < -0.39 is 0 Å². The Balaban J connectivity index is 1.41. The molecule has 27 heavy (non-hydrogen) atoms. The molecule has 146 valence electrons. The van der Waals surface area contributed by atoms with Gasteiger partial charge in [-0.2, -0.15) is 0 Å². The fourth-order valence-electron chi connectivity index (χ4n) is 3.39. The molecule has 0 spiro atoms. The smallest absolute Gasteiger partial charge is 0.142 e. The summed E-state index contributed by atoms with van der Waals surface area (Å²) in [6.07, 6.45) is 1.26. The highest BCUT2D eigenvalue weighted by atomic mass is 19.1. The first-order chi connectivity index (χ1) is 13.1. The number of nitrogens with one attached hydrogen (secondary N) is 1. The fourth-order valence-corrected chi connectivity index (χ4v) is 3.39. The van der Waals surface area contributed by atoms with Crippen molar-refractivity contribution in [3.05, 3.63) is 54.3 Å². The van der Waals surface area contributed by atoms with Crippen molar-refractivity contribution in [1.82, 2.24) is 4.90 Å². The standard InChI is InChI=1S/C22H30FN3O/c1-18(2)27-22-7-4-3-6-21(22)26-16-14-25(15-17-26)13-5-12-24-20-10-8-19(23)9-11-20/h3-4,6-11,18,24H,5,12-17H2,1-2H3. The Bertz CT molecular complexity index is 697. The molecular weight excluding hydrogens is 341 g/mol. The van der Waals surface area contributed by atoms with Crippen LogP contribution in [0.15, 0.2) is 48.5 Å². The molecule has 0 unspecified atom stereocenters. The van der Waals surface area contributed by atoms with Crippen LogP contribution in [-0.2, 0) is 0 Å². The van der Waals surface area contributed by atoms with Gasteiger partial charge in [-0.1, -0.05) is 12.1 Å². The molecule has 0 radical (unpaired) electrons. The first-order valence-corrected chi connectivity index (χ1v) is 9.84. The molecular formula is C22H30FN3O. The zero-order valence-electron chi connectivity index (χ0n) is 16.3. The SMILES string of the molecule is CC(C)Oc1ccccc1N1CCN(CCCNc2ccc(F)cc2)CC1. The van der Waals surface area contributed by atoms with E-state index in [1.165, 1.54) is 17.8 Å². The Labute approximate surface area is 161 Å². The van der Waals surface area contributed by atoms with E-state index in [1.807, 2.05) is 6.07 Å². The lowest BCUT2D eigenvalue weighted by molar-refractivity contribution is 0.237. The summed E-state index contributed by atoms with van der Waals surface area (Å²) >= 11 is 0. The second kappa shape index (κ2) is 9.60. The highest BCUT2D eigenvalue weighted by molar-refractivity contribution is 5.58. The maximum Gasteiger partial charge on any atom is 0.142 e. The summed E-state index contributed by atoms with van der Waals surface area (Å²) in [6.45, 7) is 10.3. The van der Waals surface area contributed by atoms with Crippen LogP contribution >= 0.6 is 0 Å². The molecule has 1 aliphatic rings. The molecule has 1 N–H and O–H groups in total. The molecule has 4 nitrogen and oxygen atoms in total. The van der Waals surface area contributed by atoms with Gasteiger partial charge in [0.05, 0.1) is 11.8 Å². The summed E-state index contributed by atoms with van der Waals surface area (Å²) in [4.78, 5) is 4.93. The molecule has 5 heteroatoms. The topological polar surface area (TPSA) is 27.7 Å². The van der Waals surface area contributed by atoms with Crippen LogP contribution in [0.2, 0.25) is 0 Å². The minimum absolute atomic E-state index is 0.182. The summed E-state index contributed by atoms with van der Waals surface area (Å²) in [5.74, 6) is 0.781. The van der Waals surface area contributed by atoms with Gasteiger partial charge in [0.25, 0.3) is 0 Å². The van der Waals surface area contributed by atoms with Gasteiger partial charge < -0.3 is 15.0 Å². The van der Waals surface area contributed by atoms with Gasteiger partial charge in [-0.3, -0.25) is 4.90 Å². The lowest BCUT2D eigenvalue weighted by atomic mass is 10.2. The van der Waals surface area contributed by atoms with Crippen molar-refractivity contribution in [2.24, 2.45) is 0 Å². The molecule has 1 fully saturated rings. The van der Waals surface area contributed by atoms with Crippen LogP contribution in [-0.4, -0.2) is 50.3 Å². The Morgan fingerprint density at radius 2 is 1.70 bits per heavy atom. The maximum atomic E-state index is 12.9. The van der Waals surface area contributed by atoms with Crippen LogP contribution in [0.25, 0.3) is 0 Å². The minimum Gasteiger partial charge on any atom is -0.489 e. The predicted octanol–water partition coefficient (Wildman–Crippen LogP) is 4.24. The molecule has 3 rings (SSSR count). The van der Waals surface area contributed by atoms with Gasteiger partial charge in [-0.25, -0.2) is 4.39 Å². The van der Waals surface area contributed by atoms with E-state index in [2.05, 4.69) is 47.2 Å². The number of benzene rings is 2. The van der Waals surface area contributed by atoms with Gasteiger partial charge >= 0.3 is 0 Å². The van der Waals surface area contributed by atoms with E-state index in [9.17, 15) is 4.39 Å². The molecule has 0 aromatic heterocycles. The fraction of sp³-hybridized carbons (Fsp3) is 0.455. The average Bonchev–Trinajstić information content (AvgIpc) is 2.67. The highest BCUT2D eigenvalue weighted by Crippen LogP contribution is 2.29. The third-order valence-electron chi connectivity index (χ3n) is 4.77. The summed E-state index contributed by atoms with van der Waals surface area (Å²) in [5.41, 5.74) is 2.17. The van der Waals surface area contributed by atoms with Gasteiger partial charge in [0, 0.05) is 38.4 Å². The van der Waals surface area contributed by atoms with Crippen LogP contribution < -0.4 is 15.0 Å². The second-order valence-corrected chi connectivity index (χ2v) is 7.25. The molecule has 0 aliphatic carbocycles. The normalized spacial score (nSPS) is 15.2. The number of nitrogens with zero attached hydrogens (tertiary/aromatic N) is 2. The number of hydrogen-bond acceptors (Lipinski definition) is 4. The molecule has 1 aliphatic heterocycles.